The Labute approximate surface area is 178 Å². The number of nitrogens with zero attached hydrogens (tertiary/aromatic N) is 1. The number of hydrogen-bond donors (Lipinski definition) is 1. The molecule has 0 spiro atoms. The molecule has 174 valence electrons. The van der Waals surface area contributed by atoms with E-state index in [-0.39, 0.29) is 26.4 Å². The summed E-state index contributed by atoms with van der Waals surface area (Å²) in [5, 5.41) is 8.42. The molecular formula is C20H35NO9. The highest BCUT2D eigenvalue weighted by atomic mass is 16.6. The van der Waals surface area contributed by atoms with Crippen molar-refractivity contribution in [2.45, 2.75) is 52.7 Å². The lowest BCUT2D eigenvalue weighted by atomic mass is 10.2. The van der Waals surface area contributed by atoms with E-state index < -0.39 is 29.4 Å². The predicted octanol–water partition coefficient (Wildman–Crippen LogP) is 2.85. The lowest BCUT2D eigenvalue weighted by Gasteiger charge is -2.28. The number of carbonyl (C=O) groups excluding carboxylic acids is 2. The number of rotatable bonds is 12. The van der Waals surface area contributed by atoms with Gasteiger partial charge in [-0.2, -0.15) is 0 Å². The van der Waals surface area contributed by atoms with E-state index in [4.69, 9.17) is 28.8 Å². The first-order chi connectivity index (χ1) is 13.8. The second-order valence-electron chi connectivity index (χ2n) is 8.15. The lowest BCUT2D eigenvalue weighted by molar-refractivity contribution is -0.131. The van der Waals surface area contributed by atoms with Crippen LogP contribution in [0.3, 0.4) is 0 Å². The summed E-state index contributed by atoms with van der Waals surface area (Å²) >= 11 is 0. The van der Waals surface area contributed by atoms with Crippen molar-refractivity contribution >= 4 is 18.2 Å². The van der Waals surface area contributed by atoms with Crippen LogP contribution in [0.25, 0.3) is 0 Å². The van der Waals surface area contributed by atoms with Gasteiger partial charge in [0.1, 0.15) is 11.2 Å². The van der Waals surface area contributed by atoms with Crippen molar-refractivity contribution in [2.75, 3.05) is 46.2 Å². The number of hydrogen-bond acceptors (Lipinski definition) is 8. The Hall–Kier alpha value is -2.17. The van der Waals surface area contributed by atoms with E-state index in [1.54, 1.807) is 41.5 Å². The highest BCUT2D eigenvalue weighted by molar-refractivity contribution is 5.88. The van der Waals surface area contributed by atoms with Gasteiger partial charge in [-0.3, -0.25) is 0 Å². The number of aliphatic carboxylic acids is 1. The quantitative estimate of drug-likeness (QED) is 0.366. The summed E-state index contributed by atoms with van der Waals surface area (Å²) in [5.74, 6) is -1.02. The fraction of sp³-hybridized carbons (Fsp3) is 0.750. The molecule has 0 aromatic heterocycles. The molecule has 0 saturated carbocycles. The maximum atomic E-state index is 12.3. The van der Waals surface area contributed by atoms with Crippen molar-refractivity contribution in [1.82, 2.24) is 4.90 Å². The van der Waals surface area contributed by atoms with Gasteiger partial charge in [-0.05, 0) is 41.5 Å². The van der Waals surface area contributed by atoms with Crippen LogP contribution < -0.4 is 0 Å². The van der Waals surface area contributed by atoms with Gasteiger partial charge in [0, 0.05) is 6.08 Å². The Morgan fingerprint density at radius 3 is 1.63 bits per heavy atom. The molecule has 2 amide bonds. The van der Waals surface area contributed by atoms with Gasteiger partial charge in [0.25, 0.3) is 0 Å². The van der Waals surface area contributed by atoms with E-state index >= 15 is 0 Å². The molecule has 0 atom stereocenters. The molecule has 0 saturated heterocycles. The Morgan fingerprint density at radius 1 is 0.767 bits per heavy atom. The van der Waals surface area contributed by atoms with Crippen molar-refractivity contribution in [2.24, 2.45) is 0 Å². The summed E-state index contributed by atoms with van der Waals surface area (Å²) < 4.78 is 26.4. The molecule has 30 heavy (non-hydrogen) atoms. The van der Waals surface area contributed by atoms with E-state index in [0.29, 0.717) is 19.8 Å². The molecule has 0 radical (unpaired) electrons. The molecule has 0 bridgehead atoms. The van der Waals surface area contributed by atoms with Gasteiger partial charge in [-0.15, -0.1) is 0 Å². The highest BCUT2D eigenvalue weighted by Crippen LogP contribution is 2.14. The summed E-state index contributed by atoms with van der Waals surface area (Å²) in [5.41, 5.74) is -1.50. The van der Waals surface area contributed by atoms with Crippen LogP contribution in [0.5, 0.6) is 0 Å². The van der Waals surface area contributed by atoms with Gasteiger partial charge in [0.05, 0.1) is 46.2 Å². The van der Waals surface area contributed by atoms with Gasteiger partial charge in [-0.25, -0.2) is 19.3 Å². The van der Waals surface area contributed by atoms with Crippen LogP contribution in [0.15, 0.2) is 12.2 Å². The number of amides is 2. The van der Waals surface area contributed by atoms with Crippen molar-refractivity contribution in [1.29, 1.82) is 0 Å². The van der Waals surface area contributed by atoms with E-state index in [0.717, 1.165) is 11.0 Å². The lowest BCUT2D eigenvalue weighted by Crippen LogP contribution is -2.45. The Bertz CT molecular complexity index is 534. The maximum absolute atomic E-state index is 12.3. The smallest absolute Gasteiger partial charge is 0.419 e. The number of ether oxygens (including phenoxy) is 5. The number of carbonyl (C=O) groups is 3. The molecule has 0 aliphatic heterocycles. The Balaban J connectivity index is 4.17. The second-order valence-corrected chi connectivity index (χ2v) is 8.15. The first-order valence-electron chi connectivity index (χ1n) is 9.68. The van der Waals surface area contributed by atoms with Crippen LogP contribution in [-0.2, 0) is 28.5 Å². The Kier molecular flexibility index (Phi) is 12.9. The van der Waals surface area contributed by atoms with Gasteiger partial charge in [0.15, 0.2) is 0 Å². The van der Waals surface area contributed by atoms with Crippen LogP contribution >= 0.6 is 0 Å². The minimum Gasteiger partial charge on any atom is -0.478 e. The van der Waals surface area contributed by atoms with Crippen LogP contribution in [0.1, 0.15) is 41.5 Å². The molecule has 0 unspecified atom stereocenters. The molecule has 10 nitrogen and oxygen atoms in total. The third-order valence-electron chi connectivity index (χ3n) is 2.91. The van der Waals surface area contributed by atoms with Crippen LogP contribution in [-0.4, -0.2) is 85.6 Å². The van der Waals surface area contributed by atoms with E-state index in [1.807, 2.05) is 0 Å². The molecule has 0 heterocycles. The molecule has 1 N–H and O–H groups in total. The molecule has 0 rings (SSSR count). The first-order valence-corrected chi connectivity index (χ1v) is 9.68. The summed E-state index contributed by atoms with van der Waals surface area (Å²) in [6.07, 6.45) is 0.801. The molecule has 0 fully saturated rings. The van der Waals surface area contributed by atoms with Crippen molar-refractivity contribution in [3.8, 4) is 0 Å². The zero-order chi connectivity index (χ0) is 23.2. The predicted molar refractivity (Wildman–Crippen MR) is 108 cm³/mol. The first kappa shape index (κ1) is 27.8. The van der Waals surface area contributed by atoms with Gasteiger partial charge in [-0.1, -0.05) is 6.08 Å². The fourth-order valence-electron chi connectivity index (χ4n) is 1.79. The van der Waals surface area contributed by atoms with E-state index in [1.165, 1.54) is 6.08 Å². The monoisotopic (exact) mass is 433 g/mol. The number of imide groups is 1. The summed E-state index contributed by atoms with van der Waals surface area (Å²) in [7, 11) is 0. The molecule has 10 heteroatoms. The molecule has 0 aliphatic carbocycles. The summed E-state index contributed by atoms with van der Waals surface area (Å²) in [4.78, 5) is 35.8. The summed E-state index contributed by atoms with van der Waals surface area (Å²) in [6.45, 7) is 11.7. The minimum atomic E-state index is -1.02. The third kappa shape index (κ3) is 16.8. The maximum Gasteiger partial charge on any atom is 0.419 e. The zero-order valence-corrected chi connectivity index (χ0v) is 18.8. The molecular weight excluding hydrogens is 398 g/mol. The van der Waals surface area contributed by atoms with Gasteiger partial charge in [0.2, 0.25) is 0 Å². The average molecular weight is 433 g/mol. The topological polar surface area (TPSA) is 121 Å². The van der Waals surface area contributed by atoms with E-state index in [2.05, 4.69) is 0 Å². The van der Waals surface area contributed by atoms with Gasteiger partial charge >= 0.3 is 18.2 Å². The molecule has 0 aliphatic rings. The standard InChI is InChI=1S/C20H35NO9/c1-19(2,3)29-17(24)21(18(25)30-20(4,5)6)9-11-27-13-15-28-14-12-26-10-7-8-16(22)23/h7-8H,9-15H2,1-6H3,(H,22,23)/b8-7+. The average Bonchev–Trinajstić information content (AvgIpc) is 2.55. The van der Waals surface area contributed by atoms with E-state index in [9.17, 15) is 14.4 Å². The molecule has 0 aromatic rings. The minimum absolute atomic E-state index is 0.0250. The van der Waals surface area contributed by atoms with Crippen molar-refractivity contribution in [3.05, 3.63) is 12.2 Å². The SMILES string of the molecule is CC(C)(C)OC(=O)N(CCOCCOCCOC/C=C/C(=O)O)C(=O)OC(C)(C)C. The van der Waals surface area contributed by atoms with Crippen LogP contribution in [0.4, 0.5) is 9.59 Å². The van der Waals surface area contributed by atoms with Crippen molar-refractivity contribution < 1.29 is 43.2 Å². The number of carboxylic acid groups (broad SMARTS) is 1. The largest absolute Gasteiger partial charge is 0.478 e. The number of carboxylic acids is 1. The van der Waals surface area contributed by atoms with Crippen LogP contribution in [0.2, 0.25) is 0 Å². The third-order valence-corrected chi connectivity index (χ3v) is 2.91. The Morgan fingerprint density at radius 2 is 1.20 bits per heavy atom. The normalized spacial score (nSPS) is 12.1. The summed E-state index contributed by atoms with van der Waals surface area (Å²) in [6, 6.07) is 0. The second kappa shape index (κ2) is 13.9. The van der Waals surface area contributed by atoms with Crippen LogP contribution in [0, 0.1) is 0 Å². The fourth-order valence-corrected chi connectivity index (χ4v) is 1.79. The van der Waals surface area contributed by atoms with Gasteiger partial charge < -0.3 is 28.8 Å². The van der Waals surface area contributed by atoms with Crippen molar-refractivity contribution in [3.63, 3.8) is 0 Å². The zero-order valence-electron chi connectivity index (χ0n) is 18.8. The molecule has 0 aromatic carbocycles. The highest BCUT2D eigenvalue weighted by Gasteiger charge is 2.30.